The number of halogens is 3. The number of nitrogens with zero attached hydrogens (tertiary/aromatic N) is 1. The van der Waals surface area contributed by atoms with Gasteiger partial charge in [0.15, 0.2) is 0 Å². The molecule has 1 rings (SSSR count). The third-order valence-corrected chi connectivity index (χ3v) is 2.99. The van der Waals surface area contributed by atoms with Crippen molar-refractivity contribution in [1.29, 1.82) is 0 Å². The predicted molar refractivity (Wildman–Crippen MR) is 61.0 cm³/mol. The highest BCUT2D eigenvalue weighted by atomic mass is 32.2. The summed E-state index contributed by atoms with van der Waals surface area (Å²) in [7, 11) is 0. The molecule has 5 nitrogen and oxygen atoms in total. The van der Waals surface area contributed by atoms with Crippen LogP contribution in [-0.4, -0.2) is 60.7 Å². The number of nitrogens with one attached hydrogen (secondary N) is 2. The van der Waals surface area contributed by atoms with Crippen LogP contribution in [0.15, 0.2) is 0 Å². The van der Waals surface area contributed by atoms with Gasteiger partial charge in [-0.2, -0.15) is 13.2 Å². The van der Waals surface area contributed by atoms with Crippen molar-refractivity contribution < 1.29 is 22.8 Å². The van der Waals surface area contributed by atoms with Crippen LogP contribution >= 0.6 is 11.8 Å². The van der Waals surface area contributed by atoms with E-state index >= 15 is 0 Å². The number of piperazine rings is 1. The number of carbonyl (C=O) groups is 2. The Balaban J connectivity index is 2.21. The van der Waals surface area contributed by atoms with E-state index in [1.807, 2.05) is 0 Å². The molecular formula is C9H14F3N3O2S. The maximum absolute atomic E-state index is 11.8. The topological polar surface area (TPSA) is 61.4 Å². The van der Waals surface area contributed by atoms with E-state index in [4.69, 9.17) is 0 Å². The van der Waals surface area contributed by atoms with Gasteiger partial charge in [0.25, 0.3) is 0 Å². The number of amides is 2. The molecule has 1 saturated heterocycles. The van der Waals surface area contributed by atoms with Crippen LogP contribution in [0, 0.1) is 0 Å². The fourth-order valence-electron chi connectivity index (χ4n) is 1.42. The Labute approximate surface area is 106 Å². The van der Waals surface area contributed by atoms with E-state index in [9.17, 15) is 22.8 Å². The number of hydrogen-bond acceptors (Lipinski definition) is 4. The molecule has 104 valence electrons. The van der Waals surface area contributed by atoms with Gasteiger partial charge in [-0.1, -0.05) is 0 Å². The summed E-state index contributed by atoms with van der Waals surface area (Å²) in [4.78, 5) is 24.3. The Hall–Kier alpha value is -0.960. The quantitative estimate of drug-likeness (QED) is 0.556. The molecule has 1 aliphatic heterocycles. The minimum absolute atomic E-state index is 0.180. The van der Waals surface area contributed by atoms with E-state index < -0.39 is 17.3 Å². The van der Waals surface area contributed by atoms with Crippen molar-refractivity contribution in [2.24, 2.45) is 0 Å². The highest BCUT2D eigenvalue weighted by Gasteiger charge is 2.28. The lowest BCUT2D eigenvalue weighted by Gasteiger charge is -2.26. The van der Waals surface area contributed by atoms with E-state index in [2.05, 4.69) is 10.6 Å². The number of carbonyl (C=O) groups excluding carboxylic acids is 2. The smallest absolute Gasteiger partial charge is 0.347 e. The highest BCUT2D eigenvalue weighted by molar-refractivity contribution is 8.00. The van der Waals surface area contributed by atoms with Crippen LogP contribution in [-0.2, 0) is 9.59 Å². The van der Waals surface area contributed by atoms with E-state index in [1.54, 1.807) is 0 Å². The average molecular weight is 285 g/mol. The van der Waals surface area contributed by atoms with Crippen molar-refractivity contribution in [3.05, 3.63) is 0 Å². The van der Waals surface area contributed by atoms with Crippen molar-refractivity contribution in [3.8, 4) is 0 Å². The maximum atomic E-state index is 11.8. The van der Waals surface area contributed by atoms with Gasteiger partial charge in [0.1, 0.15) is 0 Å². The maximum Gasteiger partial charge on any atom is 0.441 e. The first kappa shape index (κ1) is 15.1. The molecule has 0 unspecified atom stereocenters. The van der Waals surface area contributed by atoms with Crippen LogP contribution in [0.2, 0.25) is 0 Å². The van der Waals surface area contributed by atoms with Gasteiger partial charge in [-0.3, -0.25) is 9.59 Å². The predicted octanol–water partition coefficient (Wildman–Crippen LogP) is -0.213. The first-order chi connectivity index (χ1) is 8.40. The van der Waals surface area contributed by atoms with Gasteiger partial charge in [-0.25, -0.2) is 0 Å². The normalized spacial score (nSPS) is 16.5. The molecule has 0 radical (unpaired) electrons. The third-order valence-electron chi connectivity index (χ3n) is 2.25. The molecule has 2 N–H and O–H groups in total. The van der Waals surface area contributed by atoms with Crippen LogP contribution in [0.25, 0.3) is 0 Å². The summed E-state index contributed by atoms with van der Waals surface area (Å²) < 4.78 is 35.4. The Kier molecular flexibility index (Phi) is 5.73. The molecule has 2 amide bonds. The Morgan fingerprint density at radius 3 is 2.44 bits per heavy atom. The lowest BCUT2D eigenvalue weighted by atomic mass is 10.3. The number of rotatable bonds is 3. The van der Waals surface area contributed by atoms with Crippen LogP contribution in [0.3, 0.4) is 0 Å². The molecule has 0 saturated carbocycles. The number of thioether (sulfide) groups is 1. The zero-order chi connectivity index (χ0) is 13.6. The largest absolute Gasteiger partial charge is 0.441 e. The fourth-order valence-corrected chi connectivity index (χ4v) is 1.85. The summed E-state index contributed by atoms with van der Waals surface area (Å²) in [5.41, 5.74) is -4.31. The first-order valence-electron chi connectivity index (χ1n) is 5.38. The summed E-state index contributed by atoms with van der Waals surface area (Å²) in [6.45, 7) is 1.92. The zero-order valence-electron chi connectivity index (χ0n) is 9.55. The molecule has 0 aliphatic carbocycles. The summed E-state index contributed by atoms with van der Waals surface area (Å²) >= 11 is -0.227. The lowest BCUT2D eigenvalue weighted by molar-refractivity contribution is -0.146. The van der Waals surface area contributed by atoms with Crippen molar-refractivity contribution in [2.45, 2.75) is 5.51 Å². The lowest BCUT2D eigenvalue weighted by Crippen LogP contribution is -2.51. The number of hydrogen-bond donors (Lipinski definition) is 2. The third kappa shape index (κ3) is 5.58. The zero-order valence-corrected chi connectivity index (χ0v) is 10.4. The van der Waals surface area contributed by atoms with Gasteiger partial charge in [0.2, 0.25) is 0 Å². The van der Waals surface area contributed by atoms with Crippen LogP contribution in [0.4, 0.5) is 13.2 Å². The van der Waals surface area contributed by atoms with Gasteiger partial charge >= 0.3 is 17.3 Å². The molecular weight excluding hydrogens is 271 g/mol. The minimum Gasteiger partial charge on any atom is -0.347 e. The van der Waals surface area contributed by atoms with E-state index in [1.165, 1.54) is 4.90 Å². The Bertz CT molecular complexity index is 306. The SMILES string of the molecule is O=C(NCCSC(F)(F)F)C(=O)N1CCNCC1. The standard InChI is InChI=1S/C9H14F3N3O2S/c10-9(11,12)18-6-3-14-7(16)8(17)15-4-1-13-2-5-15/h13H,1-6H2,(H,14,16). The summed E-state index contributed by atoms with van der Waals surface area (Å²) in [5, 5.41) is 5.20. The monoisotopic (exact) mass is 285 g/mol. The Morgan fingerprint density at radius 1 is 1.28 bits per heavy atom. The summed E-state index contributed by atoms with van der Waals surface area (Å²) in [6.07, 6.45) is 0. The summed E-state index contributed by atoms with van der Waals surface area (Å²) in [5.74, 6) is -1.84. The van der Waals surface area contributed by atoms with Crippen molar-refractivity contribution in [1.82, 2.24) is 15.5 Å². The Morgan fingerprint density at radius 2 is 1.89 bits per heavy atom. The van der Waals surface area contributed by atoms with Crippen LogP contribution < -0.4 is 10.6 Å². The molecule has 0 bridgehead atoms. The van der Waals surface area contributed by atoms with Gasteiger partial charge in [0.05, 0.1) is 0 Å². The molecule has 0 aromatic rings. The van der Waals surface area contributed by atoms with Gasteiger partial charge in [-0.05, 0) is 11.8 Å². The minimum atomic E-state index is -4.31. The second kappa shape index (κ2) is 6.83. The van der Waals surface area contributed by atoms with Gasteiger partial charge in [-0.15, -0.1) is 0 Å². The van der Waals surface area contributed by atoms with E-state index in [0.717, 1.165) is 0 Å². The molecule has 18 heavy (non-hydrogen) atoms. The van der Waals surface area contributed by atoms with Crippen LogP contribution in [0.5, 0.6) is 0 Å². The molecule has 0 spiro atoms. The van der Waals surface area contributed by atoms with Gasteiger partial charge < -0.3 is 15.5 Å². The van der Waals surface area contributed by atoms with Crippen molar-refractivity contribution >= 4 is 23.6 Å². The molecule has 0 aromatic heterocycles. The second-order valence-corrected chi connectivity index (χ2v) is 4.75. The van der Waals surface area contributed by atoms with E-state index in [-0.39, 0.29) is 24.1 Å². The van der Waals surface area contributed by atoms with Crippen molar-refractivity contribution in [3.63, 3.8) is 0 Å². The molecule has 0 atom stereocenters. The molecule has 1 aliphatic rings. The highest BCUT2D eigenvalue weighted by Crippen LogP contribution is 2.29. The number of alkyl halides is 3. The summed E-state index contributed by atoms with van der Waals surface area (Å²) in [6, 6.07) is 0. The molecule has 0 aromatic carbocycles. The van der Waals surface area contributed by atoms with Gasteiger partial charge in [0, 0.05) is 38.5 Å². The first-order valence-corrected chi connectivity index (χ1v) is 6.37. The average Bonchev–Trinajstić information content (AvgIpc) is 2.33. The van der Waals surface area contributed by atoms with Crippen molar-refractivity contribution in [2.75, 3.05) is 38.5 Å². The molecule has 9 heteroatoms. The fraction of sp³-hybridized carbons (Fsp3) is 0.778. The van der Waals surface area contributed by atoms with Crippen LogP contribution in [0.1, 0.15) is 0 Å². The van der Waals surface area contributed by atoms with E-state index in [0.29, 0.717) is 26.2 Å². The second-order valence-electron chi connectivity index (χ2n) is 3.59. The molecule has 1 fully saturated rings. The molecule has 1 heterocycles.